The van der Waals surface area contributed by atoms with Crippen LogP contribution in [0.1, 0.15) is 6.42 Å². The van der Waals surface area contributed by atoms with Crippen molar-refractivity contribution in [3.63, 3.8) is 0 Å². The van der Waals surface area contributed by atoms with Crippen LogP contribution < -0.4 is 15.5 Å². The third kappa shape index (κ3) is 2.60. The second-order valence-corrected chi connectivity index (χ2v) is 4.95. The highest BCUT2D eigenvalue weighted by Crippen LogP contribution is 2.28. The molecule has 0 radical (unpaired) electrons. The van der Waals surface area contributed by atoms with Crippen LogP contribution in [0.5, 0.6) is 0 Å². The number of anilines is 2. The minimum absolute atomic E-state index is 0.515. The van der Waals surface area contributed by atoms with Crippen LogP contribution in [0.15, 0.2) is 24.3 Å². The Morgan fingerprint density at radius 2 is 2.22 bits per heavy atom. The molecule has 18 heavy (non-hydrogen) atoms. The van der Waals surface area contributed by atoms with Gasteiger partial charge in [0.2, 0.25) is 0 Å². The van der Waals surface area contributed by atoms with Gasteiger partial charge in [-0.2, -0.15) is 0 Å². The molecular formula is C14H21N3O. The standard InChI is InChI=1S/C14H21N3O/c1-2-4-14-13(3-1)16-6-9-17(14)8-5-12-11-18-10-7-15-12/h1-4,12,15-16H,5-11H2. The summed E-state index contributed by atoms with van der Waals surface area (Å²) in [5.74, 6) is 0. The summed E-state index contributed by atoms with van der Waals surface area (Å²) in [6, 6.07) is 9.07. The molecule has 2 N–H and O–H groups in total. The molecule has 2 aliphatic heterocycles. The summed E-state index contributed by atoms with van der Waals surface area (Å²) in [5.41, 5.74) is 2.59. The van der Waals surface area contributed by atoms with Crippen molar-refractivity contribution >= 4 is 11.4 Å². The summed E-state index contributed by atoms with van der Waals surface area (Å²) >= 11 is 0. The molecule has 4 heteroatoms. The average molecular weight is 247 g/mol. The van der Waals surface area contributed by atoms with Crippen molar-refractivity contribution in [3.05, 3.63) is 24.3 Å². The molecule has 1 atom stereocenters. The Bertz CT molecular complexity index is 390. The van der Waals surface area contributed by atoms with Gasteiger partial charge in [0.25, 0.3) is 0 Å². The van der Waals surface area contributed by atoms with E-state index < -0.39 is 0 Å². The van der Waals surface area contributed by atoms with E-state index in [2.05, 4.69) is 39.8 Å². The van der Waals surface area contributed by atoms with Gasteiger partial charge in [0, 0.05) is 32.2 Å². The fourth-order valence-corrected chi connectivity index (χ4v) is 2.69. The van der Waals surface area contributed by atoms with Crippen molar-refractivity contribution in [2.45, 2.75) is 12.5 Å². The van der Waals surface area contributed by atoms with Crippen LogP contribution in [-0.4, -0.2) is 45.4 Å². The number of nitrogens with one attached hydrogen (secondary N) is 2. The lowest BCUT2D eigenvalue weighted by Crippen LogP contribution is -2.44. The average Bonchev–Trinajstić information content (AvgIpc) is 2.46. The van der Waals surface area contributed by atoms with Gasteiger partial charge in [-0.1, -0.05) is 12.1 Å². The molecule has 1 saturated heterocycles. The molecule has 2 heterocycles. The van der Waals surface area contributed by atoms with Gasteiger partial charge < -0.3 is 20.3 Å². The largest absolute Gasteiger partial charge is 0.382 e. The Balaban J connectivity index is 1.60. The molecule has 1 aromatic carbocycles. The molecule has 4 nitrogen and oxygen atoms in total. The maximum atomic E-state index is 5.50. The van der Waals surface area contributed by atoms with E-state index in [-0.39, 0.29) is 0 Å². The predicted octanol–water partition coefficient (Wildman–Crippen LogP) is 1.30. The highest BCUT2D eigenvalue weighted by Gasteiger charge is 2.18. The maximum Gasteiger partial charge on any atom is 0.0620 e. The lowest BCUT2D eigenvalue weighted by molar-refractivity contribution is 0.0748. The number of morpholine rings is 1. The van der Waals surface area contributed by atoms with Gasteiger partial charge in [-0.15, -0.1) is 0 Å². The number of nitrogens with zero attached hydrogens (tertiary/aromatic N) is 1. The zero-order valence-electron chi connectivity index (χ0n) is 10.7. The van der Waals surface area contributed by atoms with Gasteiger partial charge in [0.15, 0.2) is 0 Å². The van der Waals surface area contributed by atoms with Crippen molar-refractivity contribution in [2.75, 3.05) is 49.6 Å². The number of fused-ring (bicyclic) bond motifs is 1. The Hall–Kier alpha value is -1.26. The van der Waals surface area contributed by atoms with E-state index in [0.29, 0.717) is 6.04 Å². The SMILES string of the molecule is c1ccc2c(c1)NCCN2CCC1COCCN1. The zero-order chi connectivity index (χ0) is 12.2. The first kappa shape index (κ1) is 11.8. The van der Waals surface area contributed by atoms with Crippen LogP contribution >= 0.6 is 0 Å². The van der Waals surface area contributed by atoms with Gasteiger partial charge in [0.05, 0.1) is 24.6 Å². The van der Waals surface area contributed by atoms with E-state index in [0.717, 1.165) is 45.8 Å². The van der Waals surface area contributed by atoms with Crippen LogP contribution in [0.3, 0.4) is 0 Å². The van der Waals surface area contributed by atoms with Gasteiger partial charge in [0.1, 0.15) is 0 Å². The lowest BCUT2D eigenvalue weighted by atomic mass is 10.1. The van der Waals surface area contributed by atoms with Crippen molar-refractivity contribution < 1.29 is 4.74 Å². The molecule has 1 aromatic rings. The number of para-hydroxylation sites is 2. The lowest BCUT2D eigenvalue weighted by Gasteiger charge is -2.34. The van der Waals surface area contributed by atoms with Crippen LogP contribution in [0.2, 0.25) is 0 Å². The van der Waals surface area contributed by atoms with Crippen LogP contribution in [0, 0.1) is 0 Å². The molecule has 98 valence electrons. The third-order valence-electron chi connectivity index (χ3n) is 3.69. The first-order valence-corrected chi connectivity index (χ1v) is 6.82. The minimum atomic E-state index is 0.515. The van der Waals surface area contributed by atoms with E-state index >= 15 is 0 Å². The Labute approximate surface area is 108 Å². The predicted molar refractivity (Wildman–Crippen MR) is 74.4 cm³/mol. The Kier molecular flexibility index (Phi) is 3.67. The Morgan fingerprint density at radius 1 is 1.28 bits per heavy atom. The van der Waals surface area contributed by atoms with Gasteiger partial charge in [-0.25, -0.2) is 0 Å². The van der Waals surface area contributed by atoms with Crippen LogP contribution in [0.4, 0.5) is 11.4 Å². The highest BCUT2D eigenvalue weighted by atomic mass is 16.5. The second kappa shape index (κ2) is 5.59. The van der Waals surface area contributed by atoms with Crippen molar-refractivity contribution in [2.24, 2.45) is 0 Å². The number of hydrogen-bond acceptors (Lipinski definition) is 4. The number of ether oxygens (including phenoxy) is 1. The maximum absolute atomic E-state index is 5.50. The van der Waals surface area contributed by atoms with Crippen molar-refractivity contribution in [3.8, 4) is 0 Å². The summed E-state index contributed by atoms with van der Waals surface area (Å²) in [6.07, 6.45) is 1.15. The molecular weight excluding hydrogens is 226 g/mol. The third-order valence-corrected chi connectivity index (χ3v) is 3.69. The number of hydrogen-bond donors (Lipinski definition) is 2. The summed E-state index contributed by atoms with van der Waals surface area (Å²) in [7, 11) is 0. The Morgan fingerprint density at radius 3 is 3.11 bits per heavy atom. The summed E-state index contributed by atoms with van der Waals surface area (Å²) in [4.78, 5) is 2.47. The molecule has 0 amide bonds. The molecule has 0 spiro atoms. The summed E-state index contributed by atoms with van der Waals surface area (Å²) in [5, 5.41) is 6.96. The van der Waals surface area contributed by atoms with Crippen LogP contribution in [-0.2, 0) is 4.74 Å². The molecule has 0 aliphatic carbocycles. The fourth-order valence-electron chi connectivity index (χ4n) is 2.69. The topological polar surface area (TPSA) is 36.5 Å². The van der Waals surface area contributed by atoms with Gasteiger partial charge in [-0.05, 0) is 18.6 Å². The van der Waals surface area contributed by atoms with E-state index in [1.807, 2.05) is 0 Å². The van der Waals surface area contributed by atoms with E-state index in [1.165, 1.54) is 11.4 Å². The van der Waals surface area contributed by atoms with Gasteiger partial charge in [-0.3, -0.25) is 0 Å². The molecule has 1 fully saturated rings. The van der Waals surface area contributed by atoms with Crippen LogP contribution in [0.25, 0.3) is 0 Å². The summed E-state index contributed by atoms with van der Waals surface area (Å²) < 4.78 is 5.50. The fraction of sp³-hybridized carbons (Fsp3) is 0.571. The molecule has 0 aromatic heterocycles. The first-order chi connectivity index (χ1) is 8.93. The molecule has 3 rings (SSSR count). The molecule has 0 saturated carbocycles. The minimum Gasteiger partial charge on any atom is -0.382 e. The monoisotopic (exact) mass is 247 g/mol. The zero-order valence-corrected chi connectivity index (χ0v) is 10.7. The highest BCUT2D eigenvalue weighted by molar-refractivity contribution is 5.71. The number of benzene rings is 1. The van der Waals surface area contributed by atoms with Crippen molar-refractivity contribution in [1.82, 2.24) is 5.32 Å². The van der Waals surface area contributed by atoms with E-state index in [4.69, 9.17) is 4.74 Å². The second-order valence-electron chi connectivity index (χ2n) is 4.95. The molecule has 2 aliphatic rings. The van der Waals surface area contributed by atoms with E-state index in [1.54, 1.807) is 0 Å². The van der Waals surface area contributed by atoms with Crippen molar-refractivity contribution in [1.29, 1.82) is 0 Å². The van der Waals surface area contributed by atoms with E-state index in [9.17, 15) is 0 Å². The quantitative estimate of drug-likeness (QED) is 0.844. The normalized spacial score (nSPS) is 23.3. The number of rotatable bonds is 3. The smallest absolute Gasteiger partial charge is 0.0620 e. The molecule has 1 unspecified atom stereocenters. The first-order valence-electron chi connectivity index (χ1n) is 6.82. The van der Waals surface area contributed by atoms with Gasteiger partial charge >= 0.3 is 0 Å². The molecule has 0 bridgehead atoms. The summed E-state index contributed by atoms with van der Waals surface area (Å²) in [6.45, 7) is 5.92.